The first kappa shape index (κ1) is 73.3. The van der Waals surface area contributed by atoms with Crippen molar-refractivity contribution < 1.29 is 65.2 Å². The van der Waals surface area contributed by atoms with E-state index in [-0.39, 0.29) is 60.1 Å². The second-order valence-corrected chi connectivity index (χ2v) is 24.1. The van der Waals surface area contributed by atoms with E-state index in [2.05, 4.69) is 29.5 Å². The fourth-order valence-electron chi connectivity index (χ4n) is 9.04. The van der Waals surface area contributed by atoms with Gasteiger partial charge in [-0.2, -0.15) is 8.61 Å². The number of piperidine rings is 3. The van der Waals surface area contributed by atoms with Gasteiger partial charge in [-0.05, 0) is 175 Å². The molecule has 4 aromatic rings. The molecule has 0 saturated carbocycles. The summed E-state index contributed by atoms with van der Waals surface area (Å²) in [5, 5.41) is 21.6. The molecule has 3 aliphatic rings. The number of methoxy groups -OCH3 is 3. The number of aliphatic carboxylic acids is 2. The summed E-state index contributed by atoms with van der Waals surface area (Å²) in [4.78, 5) is 62.2. The maximum Gasteiger partial charge on any atom is 0.330 e. The van der Waals surface area contributed by atoms with E-state index in [0.717, 1.165) is 68.0 Å². The van der Waals surface area contributed by atoms with E-state index >= 15 is 0 Å². The molecule has 0 radical (unpaired) electrons. The quantitative estimate of drug-likeness (QED) is 0.0504. The molecule has 458 valence electrons. The van der Waals surface area contributed by atoms with Crippen LogP contribution in [0.25, 0.3) is 12.2 Å². The Morgan fingerprint density at radius 1 is 0.602 bits per heavy atom. The van der Waals surface area contributed by atoms with E-state index in [1.165, 1.54) is 57.0 Å². The second kappa shape index (κ2) is 38.2. The predicted molar refractivity (Wildman–Crippen MR) is 323 cm³/mol. The lowest BCUT2D eigenvalue weighted by molar-refractivity contribution is -0.141. The molecule has 2 aromatic carbocycles. The Kier molecular flexibility index (Phi) is 33.8. The van der Waals surface area contributed by atoms with Crippen LogP contribution in [0.4, 0.5) is 0 Å². The van der Waals surface area contributed by atoms with Crippen LogP contribution >= 0.6 is 35.6 Å². The Hall–Kier alpha value is -5.78. The molecule has 3 saturated heterocycles. The molecule has 24 heteroatoms. The van der Waals surface area contributed by atoms with Gasteiger partial charge >= 0.3 is 29.8 Å². The maximum absolute atomic E-state index is 13.2. The zero-order valence-corrected chi connectivity index (χ0v) is 52.2. The Morgan fingerprint density at radius 3 is 1.45 bits per heavy atom. The van der Waals surface area contributed by atoms with Crippen molar-refractivity contribution in [3.05, 3.63) is 129 Å². The molecule has 3 unspecified atom stereocenters. The van der Waals surface area contributed by atoms with Gasteiger partial charge in [-0.3, -0.25) is 24.4 Å². The third-order valence-electron chi connectivity index (χ3n) is 13.5. The number of hydrogen-bond donors (Lipinski definition) is 3. The number of nitrogens with one attached hydrogen (secondary N) is 1. The molecule has 3 aliphatic heterocycles. The van der Waals surface area contributed by atoms with Crippen LogP contribution in [-0.4, -0.2) is 135 Å². The monoisotopic (exact) mass is 1250 g/mol. The number of nitrogens with zero attached hydrogens (tertiary/aromatic N) is 4. The lowest BCUT2D eigenvalue weighted by atomic mass is 10.0. The number of rotatable bonds is 17. The molecule has 7 rings (SSSR count). The smallest absolute Gasteiger partial charge is 0.330 e. The van der Waals surface area contributed by atoms with Gasteiger partial charge in [0, 0.05) is 85.1 Å². The molecule has 19 nitrogen and oxygen atoms in total. The number of pyridine rings is 2. The number of esters is 3. The number of carboxylic acids is 2. The highest BCUT2D eigenvalue weighted by Crippen LogP contribution is 2.33. The van der Waals surface area contributed by atoms with Crippen molar-refractivity contribution in [2.45, 2.75) is 152 Å². The first-order valence-corrected chi connectivity index (χ1v) is 30.7. The summed E-state index contributed by atoms with van der Waals surface area (Å²) in [5.74, 6) is -2.64. The van der Waals surface area contributed by atoms with Gasteiger partial charge in [0.25, 0.3) is 0 Å². The summed E-state index contributed by atoms with van der Waals surface area (Å²) in [6.07, 6.45) is 20.0. The average Bonchev–Trinajstić information content (AvgIpc) is 3.22. The molecule has 3 fully saturated rings. The standard InChI is InChI=1S/C17H24ClNO4S.C16H22ClNO4S.C9H17NO2.C9H9NO2.C8H7NO2.ClH/c1-12-11-16(13(2)10-15(12)18)24(21,22)19-9-5-4-6-14(19)7-8-17(20)23-3;1-11-10-15(12(2)9-14(11)17)23(21,22)18-8-4-3-5-13(18)6-7-16(19)20;2*1-12-9(11)6-5-8-4-2-3-7-10-8;10-8(11)5-4-7-3-1-2-6-9-7;/h10-11,14H,4-9H2,1-3H3;9-10,13H,3-8H2,1-2H3,(H,19,20);8,10H,2-7H2,1H3;2-7H,1H3;1-6H,(H,10,11);1H/b;;;6-5+;5-4+;. The van der Waals surface area contributed by atoms with Crippen molar-refractivity contribution in [1.82, 2.24) is 23.9 Å². The van der Waals surface area contributed by atoms with E-state index in [1.807, 2.05) is 12.1 Å². The maximum atomic E-state index is 13.2. The van der Waals surface area contributed by atoms with E-state index < -0.39 is 32.0 Å². The number of carboxylic acid groups (broad SMARTS) is 2. The molecule has 2 aromatic heterocycles. The molecule has 0 amide bonds. The summed E-state index contributed by atoms with van der Waals surface area (Å²) < 4.78 is 69.1. The second-order valence-electron chi connectivity index (χ2n) is 19.6. The molecule has 5 heterocycles. The minimum Gasteiger partial charge on any atom is -0.481 e. The summed E-state index contributed by atoms with van der Waals surface area (Å²) in [6, 6.07) is 17.5. The molecular formula is C59H80Cl3N5O14S2. The van der Waals surface area contributed by atoms with Crippen molar-refractivity contribution in [3.8, 4) is 0 Å². The van der Waals surface area contributed by atoms with Crippen molar-refractivity contribution in [3.63, 3.8) is 0 Å². The summed E-state index contributed by atoms with van der Waals surface area (Å²) in [5.41, 5.74) is 4.10. The van der Waals surface area contributed by atoms with Gasteiger partial charge in [0.05, 0.1) is 42.5 Å². The number of carbonyl (C=O) groups excluding carboxylic acids is 3. The molecule has 0 bridgehead atoms. The average molecular weight is 1250 g/mol. The highest BCUT2D eigenvalue weighted by molar-refractivity contribution is 7.89. The number of aromatic nitrogens is 2. The summed E-state index contributed by atoms with van der Waals surface area (Å²) >= 11 is 12.2. The van der Waals surface area contributed by atoms with E-state index in [4.69, 9.17) is 33.4 Å². The fourth-order valence-corrected chi connectivity index (χ4v) is 13.5. The SMILES string of the molecule is COC(=O)/C=C/c1ccccn1.COC(=O)CCC1CCCCN1.COC(=O)CCC1CCCCN1S(=O)(=O)c1cc(C)c(Cl)cc1C.Cc1cc(S(=O)(=O)N2CCCCC2CCC(=O)O)c(C)cc1Cl.Cl.O=C(O)/C=C/c1ccccn1. The number of hydrogen-bond acceptors (Lipinski definition) is 15. The van der Waals surface area contributed by atoms with Crippen LogP contribution in [0.1, 0.15) is 130 Å². The largest absolute Gasteiger partial charge is 0.481 e. The molecule has 3 N–H and O–H groups in total. The van der Waals surface area contributed by atoms with Gasteiger partial charge in [0.15, 0.2) is 0 Å². The number of benzene rings is 2. The van der Waals surface area contributed by atoms with Gasteiger partial charge < -0.3 is 29.7 Å². The normalized spacial score (nSPS) is 17.2. The van der Waals surface area contributed by atoms with Crippen LogP contribution in [0, 0.1) is 27.7 Å². The van der Waals surface area contributed by atoms with Crippen molar-refractivity contribution in [1.29, 1.82) is 0 Å². The first-order chi connectivity index (χ1) is 38.9. The van der Waals surface area contributed by atoms with Gasteiger partial charge in [-0.1, -0.05) is 54.6 Å². The Morgan fingerprint density at radius 2 is 1.05 bits per heavy atom. The lowest BCUT2D eigenvalue weighted by Gasteiger charge is -2.35. The van der Waals surface area contributed by atoms with E-state index in [0.29, 0.717) is 76.6 Å². The van der Waals surface area contributed by atoms with Crippen LogP contribution in [0.3, 0.4) is 0 Å². The van der Waals surface area contributed by atoms with Crippen LogP contribution in [-0.2, 0) is 58.2 Å². The van der Waals surface area contributed by atoms with Gasteiger partial charge in [0.1, 0.15) is 0 Å². The van der Waals surface area contributed by atoms with Gasteiger partial charge in [-0.25, -0.2) is 26.4 Å². The third-order valence-corrected chi connectivity index (χ3v) is 18.5. The number of aryl methyl sites for hydroxylation is 4. The van der Waals surface area contributed by atoms with Crippen LogP contribution in [0.2, 0.25) is 10.0 Å². The lowest BCUT2D eigenvalue weighted by Crippen LogP contribution is -2.44. The third kappa shape index (κ3) is 25.9. The predicted octanol–water partition coefficient (Wildman–Crippen LogP) is 10.8. The summed E-state index contributed by atoms with van der Waals surface area (Å²) in [6.45, 7) is 9.08. The highest BCUT2D eigenvalue weighted by atomic mass is 35.5. The Labute approximate surface area is 505 Å². The fraction of sp³-hybridized carbons (Fsp3) is 0.475. The molecule has 0 aliphatic carbocycles. The van der Waals surface area contributed by atoms with Gasteiger partial charge in [-0.15, -0.1) is 12.4 Å². The minimum absolute atomic E-state index is 0. The van der Waals surface area contributed by atoms with E-state index in [9.17, 15) is 40.8 Å². The number of sulfonamides is 2. The van der Waals surface area contributed by atoms with Crippen LogP contribution < -0.4 is 5.32 Å². The number of carbonyl (C=O) groups is 5. The van der Waals surface area contributed by atoms with Crippen molar-refractivity contribution in [2.75, 3.05) is 41.0 Å². The number of halogens is 3. The zero-order chi connectivity index (χ0) is 60.8. The molecule has 83 heavy (non-hydrogen) atoms. The minimum atomic E-state index is -3.65. The summed E-state index contributed by atoms with van der Waals surface area (Å²) in [7, 11) is -3.14. The van der Waals surface area contributed by atoms with Gasteiger partial charge in [0.2, 0.25) is 20.0 Å². The first-order valence-electron chi connectivity index (χ1n) is 27.1. The van der Waals surface area contributed by atoms with Crippen LogP contribution in [0.15, 0.2) is 95.0 Å². The molecule has 0 spiro atoms. The van der Waals surface area contributed by atoms with E-state index in [1.54, 1.807) is 99.0 Å². The Bertz CT molecular complexity index is 2990. The van der Waals surface area contributed by atoms with Crippen molar-refractivity contribution >= 4 is 97.7 Å². The molecular weight excluding hydrogens is 1170 g/mol. The van der Waals surface area contributed by atoms with Crippen LogP contribution in [0.5, 0.6) is 0 Å². The topological polar surface area (TPSA) is 266 Å². The zero-order valence-electron chi connectivity index (χ0n) is 48.3. The van der Waals surface area contributed by atoms with Crippen molar-refractivity contribution in [2.24, 2.45) is 0 Å². The molecule has 3 atom stereocenters. The number of ether oxygens (including phenoxy) is 3. The Balaban J connectivity index is 0.000000368. The highest BCUT2D eigenvalue weighted by Gasteiger charge is 2.36.